The van der Waals surface area contributed by atoms with Crippen molar-refractivity contribution in [2.24, 2.45) is 0 Å². The Balaban J connectivity index is 3.68. The van der Waals surface area contributed by atoms with E-state index in [-0.39, 0.29) is 0 Å². The van der Waals surface area contributed by atoms with Gasteiger partial charge in [0.05, 0.1) is 0 Å². The second kappa shape index (κ2) is 4.15. The van der Waals surface area contributed by atoms with E-state index in [1.54, 1.807) is 0 Å². The van der Waals surface area contributed by atoms with Crippen LogP contribution in [0.25, 0.3) is 0 Å². The van der Waals surface area contributed by atoms with Crippen LogP contribution in [0.15, 0.2) is 25.3 Å². The molecule has 0 radical (unpaired) electrons. The fourth-order valence-electron chi connectivity index (χ4n) is 0.865. The molecule has 0 aliphatic heterocycles. The van der Waals surface area contributed by atoms with Gasteiger partial charge in [0.2, 0.25) is 0 Å². The predicted octanol–water partition coefficient (Wildman–Crippen LogP) is 3.07. The van der Waals surface area contributed by atoms with Crippen LogP contribution in [0.3, 0.4) is 0 Å². The molecule has 0 aliphatic carbocycles. The molecule has 0 aliphatic rings. The average Bonchev–Trinajstić information content (AvgIpc) is 1.64. The third-order valence-corrected chi connectivity index (χ3v) is 9.35. The van der Waals surface area contributed by atoms with Gasteiger partial charge in [-0.2, -0.15) is 0 Å². The summed E-state index contributed by atoms with van der Waals surface area (Å²) in [4.78, 5) is 4.86. The van der Waals surface area contributed by atoms with Gasteiger partial charge in [-0.1, -0.05) is 0 Å². The number of rotatable bonds is 4. The van der Waals surface area contributed by atoms with Gasteiger partial charge in [0.25, 0.3) is 0 Å². The Morgan fingerprint density at radius 1 is 1.11 bits per heavy atom. The summed E-state index contributed by atoms with van der Waals surface area (Å²) in [6, 6.07) is 0. The summed E-state index contributed by atoms with van der Waals surface area (Å²) in [6.07, 6.45) is 4.11. The molecule has 0 N–H and O–H groups in total. The Kier molecular flexibility index (Phi) is 4.28. The molecule has 0 aromatic heterocycles. The Labute approximate surface area is 62.5 Å². The molecule has 0 unspecified atom stereocenters. The Bertz CT molecular complexity index is 91.1. The van der Waals surface area contributed by atoms with Crippen molar-refractivity contribution in [1.82, 2.24) is 0 Å². The van der Waals surface area contributed by atoms with Crippen LogP contribution in [0, 0.1) is 0 Å². The van der Waals surface area contributed by atoms with E-state index in [4.69, 9.17) is 0 Å². The summed E-state index contributed by atoms with van der Waals surface area (Å²) in [6.45, 7) is 7.49. The molecular weight excluding hydrogens is 215 g/mol. The Hall–Kier alpha value is 0.279. The van der Waals surface area contributed by atoms with Crippen molar-refractivity contribution < 1.29 is 0 Å². The number of hydrogen-bond donors (Lipinski definition) is 0. The van der Waals surface area contributed by atoms with Gasteiger partial charge in [0.1, 0.15) is 0 Å². The average molecular weight is 231 g/mol. The van der Waals surface area contributed by atoms with Crippen LogP contribution in [-0.2, 0) is 0 Å². The van der Waals surface area contributed by atoms with Gasteiger partial charge in [-0.3, -0.25) is 0 Å². The summed E-state index contributed by atoms with van der Waals surface area (Å²) in [7, 11) is 0. The van der Waals surface area contributed by atoms with E-state index >= 15 is 0 Å². The van der Waals surface area contributed by atoms with Crippen LogP contribution in [0.4, 0.5) is 0 Å². The van der Waals surface area contributed by atoms with E-state index in [0.717, 1.165) is 0 Å². The van der Waals surface area contributed by atoms with E-state index in [1.807, 2.05) is 0 Å². The Morgan fingerprint density at radius 2 is 1.44 bits per heavy atom. The van der Waals surface area contributed by atoms with Crippen molar-refractivity contribution in [3.63, 3.8) is 0 Å². The molecule has 0 amide bonds. The van der Waals surface area contributed by atoms with Crippen LogP contribution in [0.5, 0.6) is 0 Å². The minimum atomic E-state index is -1.61. The third kappa shape index (κ3) is 4.76. The van der Waals surface area contributed by atoms with Crippen LogP contribution in [-0.4, -0.2) is 18.4 Å². The van der Waals surface area contributed by atoms with Crippen LogP contribution in [0.2, 0.25) is 18.8 Å². The standard InChI is InChI=1S/2C3H5.2CH3.Sn/c2*1-3-2;;;/h2*3H,1-2H2;2*1H3;. The molecule has 0 saturated heterocycles. The first kappa shape index (κ1) is 9.28. The van der Waals surface area contributed by atoms with Gasteiger partial charge in [0.15, 0.2) is 0 Å². The normalized spacial score (nSPS) is 10.9. The molecule has 0 fully saturated rings. The van der Waals surface area contributed by atoms with Gasteiger partial charge >= 0.3 is 62.4 Å². The zero-order valence-electron chi connectivity index (χ0n) is 6.48. The first-order chi connectivity index (χ1) is 4.12. The predicted molar refractivity (Wildman–Crippen MR) is 47.5 cm³/mol. The number of allylic oxidation sites excluding steroid dienone is 2. The van der Waals surface area contributed by atoms with Gasteiger partial charge in [-0.25, -0.2) is 0 Å². The first-order valence-electron chi connectivity index (χ1n) is 3.34. The Morgan fingerprint density at radius 3 is 1.67 bits per heavy atom. The van der Waals surface area contributed by atoms with Crippen LogP contribution in [0.1, 0.15) is 0 Å². The van der Waals surface area contributed by atoms with E-state index < -0.39 is 18.4 Å². The zero-order valence-corrected chi connectivity index (χ0v) is 9.34. The number of hydrogen-bond acceptors (Lipinski definition) is 0. The first-order valence-corrected chi connectivity index (χ1v) is 13.1. The molecule has 0 rings (SSSR count). The maximum absolute atomic E-state index is 3.75. The van der Waals surface area contributed by atoms with Gasteiger partial charge in [0, 0.05) is 0 Å². The molecule has 0 aromatic carbocycles. The molecule has 1 heteroatoms. The summed E-state index contributed by atoms with van der Waals surface area (Å²) in [5, 5.41) is 0. The van der Waals surface area contributed by atoms with Crippen molar-refractivity contribution in [2.45, 2.75) is 18.8 Å². The molecule has 0 spiro atoms. The van der Waals surface area contributed by atoms with E-state index in [1.165, 1.54) is 8.87 Å². The van der Waals surface area contributed by atoms with Gasteiger partial charge in [-0.05, 0) is 0 Å². The molecule has 0 atom stereocenters. The van der Waals surface area contributed by atoms with Crippen LogP contribution >= 0.6 is 0 Å². The molecule has 9 heavy (non-hydrogen) atoms. The van der Waals surface area contributed by atoms with Crippen molar-refractivity contribution in [2.75, 3.05) is 0 Å². The third-order valence-electron chi connectivity index (χ3n) is 1.39. The zero-order chi connectivity index (χ0) is 7.33. The molecule has 52 valence electrons. The quantitative estimate of drug-likeness (QED) is 0.515. The fourth-order valence-corrected chi connectivity index (χ4v) is 5.80. The summed E-state index contributed by atoms with van der Waals surface area (Å²) in [5.74, 6) is 0. The second-order valence-corrected chi connectivity index (χ2v) is 17.8. The van der Waals surface area contributed by atoms with Gasteiger partial charge in [-0.15, -0.1) is 0 Å². The molecule has 0 nitrogen and oxygen atoms in total. The van der Waals surface area contributed by atoms with Crippen molar-refractivity contribution >= 4 is 18.4 Å². The maximum atomic E-state index is 3.75. The molecule has 0 heterocycles. The minimum absolute atomic E-state index is 1.28. The summed E-state index contributed by atoms with van der Waals surface area (Å²) in [5.41, 5.74) is 0. The SMILES string of the molecule is C=C[CH2][Sn]([CH3])([CH3])[CH2]C=C. The topological polar surface area (TPSA) is 0 Å². The van der Waals surface area contributed by atoms with Crippen molar-refractivity contribution in [3.05, 3.63) is 25.3 Å². The molecule has 0 saturated carbocycles. The fraction of sp³-hybridized carbons (Fsp3) is 0.500. The van der Waals surface area contributed by atoms with Gasteiger partial charge < -0.3 is 0 Å². The molecule has 0 aromatic rings. The molecular formula is C8H16Sn. The second-order valence-electron chi connectivity index (χ2n) is 3.15. The van der Waals surface area contributed by atoms with Crippen LogP contribution < -0.4 is 0 Å². The van der Waals surface area contributed by atoms with E-state index in [9.17, 15) is 0 Å². The monoisotopic (exact) mass is 232 g/mol. The van der Waals surface area contributed by atoms with Crippen molar-refractivity contribution in [1.29, 1.82) is 0 Å². The molecule has 0 bridgehead atoms. The van der Waals surface area contributed by atoms with E-state index in [0.29, 0.717) is 0 Å². The summed E-state index contributed by atoms with van der Waals surface area (Å²) < 4.78 is 2.56. The van der Waals surface area contributed by atoms with E-state index in [2.05, 4.69) is 35.2 Å². The summed E-state index contributed by atoms with van der Waals surface area (Å²) >= 11 is -1.61. The van der Waals surface area contributed by atoms with Crippen molar-refractivity contribution in [3.8, 4) is 0 Å².